The highest BCUT2D eigenvalue weighted by Crippen LogP contribution is 2.63. The fourth-order valence-corrected chi connectivity index (χ4v) is 13.9. The summed E-state index contributed by atoms with van der Waals surface area (Å²) in [6.45, 7) is 4.53. The van der Waals surface area contributed by atoms with Crippen LogP contribution >= 0.6 is 0 Å². The number of hydrogen-bond donors (Lipinski definition) is 0. The third-order valence-corrected chi connectivity index (χ3v) is 17.5. The first-order valence-corrected chi connectivity index (χ1v) is 28.9. The molecule has 0 saturated heterocycles. The largest absolute Gasteiger partial charge is 0.310 e. The van der Waals surface area contributed by atoms with Gasteiger partial charge in [0.1, 0.15) is 0 Å². The van der Waals surface area contributed by atoms with Crippen LogP contribution in [-0.2, 0) is 18.3 Å². The van der Waals surface area contributed by atoms with Crippen LogP contribution in [0, 0.1) is 0 Å². The Hall–Kier alpha value is -9.76. The van der Waals surface area contributed by atoms with Crippen molar-refractivity contribution in [1.82, 2.24) is 4.57 Å². The molecule has 2 nitrogen and oxygen atoms in total. The van der Waals surface area contributed by atoms with Gasteiger partial charge in [0.05, 0.1) is 22.1 Å². The van der Waals surface area contributed by atoms with Gasteiger partial charge in [-0.3, -0.25) is 0 Å². The Balaban J connectivity index is 0.814. The first-order chi connectivity index (χ1) is 40.1. The van der Waals surface area contributed by atoms with Crippen LogP contribution in [0.3, 0.4) is 0 Å². The van der Waals surface area contributed by atoms with Crippen molar-refractivity contribution in [3.63, 3.8) is 0 Å². The smallest absolute Gasteiger partial charge is 0.0726 e. The van der Waals surface area contributed by atoms with Crippen molar-refractivity contribution in [1.29, 1.82) is 0 Å². The molecule has 15 rings (SSSR count). The van der Waals surface area contributed by atoms with E-state index in [-0.39, 0.29) is 0 Å². The SMILES string of the molecule is CCCc1ccc2c(c1)c1cc(CCC)ccc1n2-c1ccc(-c2ccc(-c3ccc(N(c4ccc5c(c4)C4(c6ccccc6-c6ccccc64)c4ccccc4-5)c4ccccc4-c4ccccc4-c4ccccc4)cc3)cc2)cc1. The van der Waals surface area contributed by atoms with Crippen LogP contribution in [0.1, 0.15) is 60.1 Å². The first kappa shape index (κ1) is 48.4. The molecule has 1 heterocycles. The van der Waals surface area contributed by atoms with Crippen molar-refractivity contribution in [2.75, 3.05) is 4.90 Å². The van der Waals surface area contributed by atoms with Crippen molar-refractivity contribution in [3.05, 3.63) is 312 Å². The van der Waals surface area contributed by atoms with Gasteiger partial charge in [-0.25, -0.2) is 0 Å². The summed E-state index contributed by atoms with van der Waals surface area (Å²) in [6, 6.07) is 105. The maximum Gasteiger partial charge on any atom is 0.0726 e. The zero-order chi connectivity index (χ0) is 54.0. The van der Waals surface area contributed by atoms with Crippen LogP contribution in [0.4, 0.5) is 17.1 Å². The maximum atomic E-state index is 2.50. The Bertz CT molecular complexity index is 4400. The molecule has 386 valence electrons. The van der Waals surface area contributed by atoms with Crippen molar-refractivity contribution in [3.8, 4) is 72.4 Å². The lowest BCUT2D eigenvalue weighted by atomic mass is 9.70. The second-order valence-corrected chi connectivity index (χ2v) is 22.1. The lowest BCUT2D eigenvalue weighted by Gasteiger charge is -2.33. The Morgan fingerprint density at radius 1 is 0.309 bits per heavy atom. The van der Waals surface area contributed by atoms with E-state index in [0.29, 0.717) is 0 Å². The van der Waals surface area contributed by atoms with Crippen LogP contribution in [0.25, 0.3) is 94.3 Å². The number of para-hydroxylation sites is 1. The van der Waals surface area contributed by atoms with Gasteiger partial charge in [0, 0.05) is 33.4 Å². The number of aryl methyl sites for hydroxylation is 2. The van der Waals surface area contributed by atoms with Gasteiger partial charge in [-0.1, -0.05) is 239 Å². The second kappa shape index (κ2) is 19.9. The standard InChI is InChI=1S/C79H60N2/c1-3-18-53-32-48-77-70(50-53)71-51-54(19-4-2)33-49-78(71)81(77)61-44-40-58(41-45-61)56-36-34-55(35-37-56)57-38-42-60(43-39-57)80(76-31-17-13-27-69(76)64-23-9-8-22-63(64)59-20-6-5-7-21-59)62-46-47-68-67-26-12-16-30-74(67)79(75(68)52-62)72-28-14-10-24-65(72)66-25-11-15-29-73(66)79/h5-17,20-52H,3-4,18-19H2,1-2H3. The summed E-state index contributed by atoms with van der Waals surface area (Å²) in [6.07, 6.45) is 4.46. The zero-order valence-electron chi connectivity index (χ0n) is 45.8. The molecule has 0 bridgehead atoms. The molecule has 81 heavy (non-hydrogen) atoms. The number of anilines is 3. The van der Waals surface area contributed by atoms with E-state index in [1.54, 1.807) is 0 Å². The average molecular weight is 1040 g/mol. The molecule has 1 spiro atoms. The van der Waals surface area contributed by atoms with Crippen LogP contribution < -0.4 is 4.90 Å². The van der Waals surface area contributed by atoms with Crippen LogP contribution in [0.2, 0.25) is 0 Å². The number of rotatable bonds is 12. The van der Waals surface area contributed by atoms with E-state index in [2.05, 4.69) is 302 Å². The summed E-state index contributed by atoms with van der Waals surface area (Å²) in [5, 5.41) is 2.68. The molecule has 0 atom stereocenters. The topological polar surface area (TPSA) is 8.17 Å². The van der Waals surface area contributed by atoms with Crippen molar-refractivity contribution < 1.29 is 0 Å². The molecule has 0 unspecified atom stereocenters. The third-order valence-electron chi connectivity index (χ3n) is 17.5. The molecule has 2 aliphatic carbocycles. The molecular weight excluding hydrogens is 977 g/mol. The summed E-state index contributed by atoms with van der Waals surface area (Å²) in [5.41, 5.74) is 29.3. The van der Waals surface area contributed by atoms with E-state index < -0.39 is 5.41 Å². The summed E-state index contributed by atoms with van der Waals surface area (Å²) < 4.78 is 2.45. The van der Waals surface area contributed by atoms with Crippen LogP contribution in [0.5, 0.6) is 0 Å². The van der Waals surface area contributed by atoms with Gasteiger partial charge in [0.2, 0.25) is 0 Å². The van der Waals surface area contributed by atoms with Crippen molar-refractivity contribution in [2.24, 2.45) is 0 Å². The van der Waals surface area contributed by atoms with Gasteiger partial charge in [-0.05, 0) is 174 Å². The predicted octanol–water partition coefficient (Wildman–Crippen LogP) is 21.2. The number of benzene rings is 12. The molecule has 2 aliphatic rings. The quantitative estimate of drug-likeness (QED) is 0.118. The number of fused-ring (bicyclic) bond motifs is 13. The Labute approximate surface area is 475 Å². The molecular formula is C79H60N2. The van der Waals surface area contributed by atoms with Crippen LogP contribution in [0.15, 0.2) is 279 Å². The van der Waals surface area contributed by atoms with Gasteiger partial charge in [-0.2, -0.15) is 0 Å². The van der Waals surface area contributed by atoms with E-state index >= 15 is 0 Å². The van der Waals surface area contributed by atoms with Crippen molar-refractivity contribution in [2.45, 2.75) is 44.9 Å². The number of aromatic nitrogens is 1. The Kier molecular flexibility index (Phi) is 11.9. The Morgan fingerprint density at radius 2 is 0.728 bits per heavy atom. The summed E-state index contributed by atoms with van der Waals surface area (Å²) in [7, 11) is 0. The molecule has 12 aromatic carbocycles. The normalized spacial score (nSPS) is 12.6. The van der Waals surface area contributed by atoms with E-state index in [4.69, 9.17) is 0 Å². The highest BCUT2D eigenvalue weighted by Gasteiger charge is 2.51. The van der Waals surface area contributed by atoms with E-state index in [1.807, 2.05) is 0 Å². The molecule has 0 amide bonds. The minimum atomic E-state index is -0.470. The third kappa shape index (κ3) is 7.84. The van der Waals surface area contributed by atoms with Gasteiger partial charge < -0.3 is 9.47 Å². The van der Waals surface area contributed by atoms with Crippen molar-refractivity contribution >= 4 is 38.9 Å². The number of hydrogen-bond acceptors (Lipinski definition) is 1. The summed E-state index contributed by atoms with van der Waals surface area (Å²) in [5.74, 6) is 0. The lowest BCUT2D eigenvalue weighted by molar-refractivity contribution is 0.793. The molecule has 1 aromatic heterocycles. The fourth-order valence-electron chi connectivity index (χ4n) is 13.9. The fraction of sp³-hybridized carbons (Fsp3) is 0.0886. The van der Waals surface area contributed by atoms with E-state index in [9.17, 15) is 0 Å². The predicted molar refractivity (Wildman–Crippen MR) is 341 cm³/mol. The second-order valence-electron chi connectivity index (χ2n) is 22.1. The highest BCUT2D eigenvalue weighted by atomic mass is 15.1. The molecule has 13 aromatic rings. The highest BCUT2D eigenvalue weighted by molar-refractivity contribution is 6.10. The molecule has 2 heteroatoms. The van der Waals surface area contributed by atoms with E-state index in [1.165, 1.54) is 122 Å². The molecule has 0 fully saturated rings. The average Bonchev–Trinajstić information content (AvgIpc) is 2.38. The Morgan fingerprint density at radius 3 is 1.26 bits per heavy atom. The zero-order valence-corrected chi connectivity index (χ0v) is 45.8. The summed E-state index contributed by atoms with van der Waals surface area (Å²) in [4.78, 5) is 2.49. The molecule has 0 radical (unpaired) electrons. The molecule has 0 saturated carbocycles. The maximum absolute atomic E-state index is 2.50. The van der Waals surface area contributed by atoms with Crippen LogP contribution in [-0.4, -0.2) is 4.57 Å². The van der Waals surface area contributed by atoms with Gasteiger partial charge in [-0.15, -0.1) is 0 Å². The molecule has 0 aliphatic heterocycles. The molecule has 0 N–H and O–H groups in total. The van der Waals surface area contributed by atoms with Gasteiger partial charge >= 0.3 is 0 Å². The van der Waals surface area contributed by atoms with E-state index in [0.717, 1.165) is 48.3 Å². The first-order valence-electron chi connectivity index (χ1n) is 28.9. The monoisotopic (exact) mass is 1040 g/mol. The van der Waals surface area contributed by atoms with Gasteiger partial charge in [0.15, 0.2) is 0 Å². The minimum absolute atomic E-state index is 0.470. The minimum Gasteiger partial charge on any atom is -0.310 e. The summed E-state index contributed by atoms with van der Waals surface area (Å²) >= 11 is 0. The lowest BCUT2D eigenvalue weighted by Crippen LogP contribution is -2.26. The van der Waals surface area contributed by atoms with Gasteiger partial charge in [0.25, 0.3) is 0 Å². The number of nitrogens with zero attached hydrogens (tertiary/aromatic N) is 2.